The van der Waals surface area contributed by atoms with Gasteiger partial charge in [0.25, 0.3) is 0 Å². The summed E-state index contributed by atoms with van der Waals surface area (Å²) in [4.78, 5) is 12.5. The molecule has 1 saturated heterocycles. The van der Waals surface area contributed by atoms with Crippen LogP contribution in [0.2, 0.25) is 20.1 Å². The normalized spacial score (nSPS) is 15.5. The minimum Gasteiger partial charge on any atom is -0.355 e. The van der Waals surface area contributed by atoms with Crippen LogP contribution in [0.25, 0.3) is 0 Å². The molecule has 2 aromatic rings. The van der Waals surface area contributed by atoms with Gasteiger partial charge in [-0.2, -0.15) is 11.8 Å². The van der Waals surface area contributed by atoms with Crippen molar-refractivity contribution in [2.75, 3.05) is 25.4 Å². The molecule has 0 atom stereocenters. The van der Waals surface area contributed by atoms with E-state index in [1.807, 2.05) is 12.1 Å². The first kappa shape index (κ1) is 26.9. The Bertz CT molecular complexity index is 1090. The van der Waals surface area contributed by atoms with Crippen LogP contribution >= 0.6 is 58.2 Å². The number of carbonyl (C=O) groups excluding carboxylic acids is 1. The number of sulfonamides is 1. The summed E-state index contributed by atoms with van der Waals surface area (Å²) in [6.45, 7) is 1.17. The number of amides is 1. The number of carbonyl (C=O) groups is 1. The van der Waals surface area contributed by atoms with Gasteiger partial charge in [-0.1, -0.05) is 58.5 Å². The van der Waals surface area contributed by atoms with Crippen LogP contribution in [0.15, 0.2) is 36.4 Å². The number of rotatable bonds is 9. The van der Waals surface area contributed by atoms with Gasteiger partial charge in [0.2, 0.25) is 15.9 Å². The van der Waals surface area contributed by atoms with Gasteiger partial charge in [-0.05, 0) is 48.2 Å². The van der Waals surface area contributed by atoms with Gasteiger partial charge in [0.15, 0.2) is 0 Å². The maximum Gasteiger partial charge on any atom is 0.223 e. The molecule has 2 aromatic carbocycles. The van der Waals surface area contributed by atoms with Gasteiger partial charge in [0, 0.05) is 57.1 Å². The van der Waals surface area contributed by atoms with Gasteiger partial charge >= 0.3 is 0 Å². The average molecular weight is 570 g/mol. The summed E-state index contributed by atoms with van der Waals surface area (Å²) < 4.78 is 27.0. The van der Waals surface area contributed by atoms with Crippen LogP contribution in [0.1, 0.15) is 24.0 Å². The summed E-state index contributed by atoms with van der Waals surface area (Å²) >= 11 is 25.8. The summed E-state index contributed by atoms with van der Waals surface area (Å²) in [5.41, 5.74) is 1.52. The first-order chi connectivity index (χ1) is 15.7. The Labute approximate surface area is 219 Å². The lowest BCUT2D eigenvalue weighted by Crippen LogP contribution is -2.43. The Morgan fingerprint density at radius 2 is 1.55 bits per heavy atom. The summed E-state index contributed by atoms with van der Waals surface area (Å²) in [7, 11) is -3.53. The molecule has 1 amide bonds. The minimum atomic E-state index is -3.53. The fourth-order valence-corrected chi connectivity index (χ4v) is 7.10. The van der Waals surface area contributed by atoms with Crippen molar-refractivity contribution >= 4 is 74.1 Å². The number of halogens is 4. The second-order valence-electron chi connectivity index (χ2n) is 7.74. The molecular formula is C22H24Cl4N2O3S2. The van der Waals surface area contributed by atoms with Gasteiger partial charge in [-0.25, -0.2) is 12.7 Å². The van der Waals surface area contributed by atoms with Crippen molar-refractivity contribution in [2.45, 2.75) is 24.3 Å². The van der Waals surface area contributed by atoms with Crippen molar-refractivity contribution in [3.8, 4) is 0 Å². The quantitative estimate of drug-likeness (QED) is 0.382. The zero-order valence-electron chi connectivity index (χ0n) is 17.7. The van der Waals surface area contributed by atoms with Crippen LogP contribution < -0.4 is 5.32 Å². The number of piperidine rings is 1. The zero-order chi connectivity index (χ0) is 24.0. The molecule has 1 N–H and O–H groups in total. The Morgan fingerprint density at radius 1 is 0.970 bits per heavy atom. The van der Waals surface area contributed by atoms with Gasteiger partial charge in [-0.15, -0.1) is 0 Å². The summed E-state index contributed by atoms with van der Waals surface area (Å²) in [6, 6.07) is 10.2. The van der Waals surface area contributed by atoms with Crippen LogP contribution in [0, 0.1) is 5.92 Å². The Kier molecular flexibility index (Phi) is 10.1. The van der Waals surface area contributed by atoms with Gasteiger partial charge in [0.1, 0.15) is 0 Å². The van der Waals surface area contributed by atoms with E-state index in [1.165, 1.54) is 10.4 Å². The molecule has 1 fully saturated rings. The molecule has 1 aliphatic rings. The zero-order valence-corrected chi connectivity index (χ0v) is 22.4. The molecule has 0 spiro atoms. The van der Waals surface area contributed by atoms with Crippen molar-refractivity contribution in [1.29, 1.82) is 0 Å². The third-order valence-corrected chi connectivity index (χ3v) is 9.40. The van der Waals surface area contributed by atoms with Crippen LogP contribution in [0.4, 0.5) is 0 Å². The van der Waals surface area contributed by atoms with Crippen molar-refractivity contribution < 1.29 is 13.2 Å². The highest BCUT2D eigenvalue weighted by atomic mass is 35.5. The lowest BCUT2D eigenvalue weighted by molar-refractivity contribution is -0.125. The van der Waals surface area contributed by atoms with E-state index in [2.05, 4.69) is 5.32 Å². The number of hydrogen-bond acceptors (Lipinski definition) is 4. The molecule has 1 heterocycles. The van der Waals surface area contributed by atoms with Crippen molar-refractivity contribution in [3.63, 3.8) is 0 Å². The minimum absolute atomic E-state index is 0.0297. The first-order valence-electron chi connectivity index (χ1n) is 10.4. The van der Waals surface area contributed by atoms with E-state index in [-0.39, 0.29) is 17.6 Å². The molecule has 3 rings (SSSR count). The number of hydrogen-bond donors (Lipinski definition) is 1. The van der Waals surface area contributed by atoms with Crippen LogP contribution in [-0.2, 0) is 26.3 Å². The molecule has 33 heavy (non-hydrogen) atoms. The Hall–Kier alpha value is -0.670. The maximum absolute atomic E-state index is 12.8. The topological polar surface area (TPSA) is 66.5 Å². The van der Waals surface area contributed by atoms with E-state index in [4.69, 9.17) is 46.4 Å². The highest BCUT2D eigenvalue weighted by molar-refractivity contribution is 7.98. The molecule has 1 aliphatic heterocycles. The second-order valence-corrected chi connectivity index (χ2v) is 12.5. The van der Waals surface area contributed by atoms with E-state index in [0.29, 0.717) is 58.1 Å². The molecule has 5 nitrogen and oxygen atoms in total. The molecule has 0 bridgehead atoms. The average Bonchev–Trinajstić information content (AvgIpc) is 2.77. The first-order valence-corrected chi connectivity index (χ1v) is 14.6. The number of nitrogens with one attached hydrogen (secondary N) is 1. The molecular weight excluding hydrogens is 546 g/mol. The van der Waals surface area contributed by atoms with Crippen molar-refractivity contribution in [3.05, 3.63) is 67.6 Å². The van der Waals surface area contributed by atoms with Crippen LogP contribution in [0.5, 0.6) is 0 Å². The van der Waals surface area contributed by atoms with E-state index >= 15 is 0 Å². The Morgan fingerprint density at radius 3 is 2.12 bits per heavy atom. The van der Waals surface area contributed by atoms with E-state index < -0.39 is 10.0 Å². The predicted molar refractivity (Wildman–Crippen MR) is 139 cm³/mol. The monoisotopic (exact) mass is 568 g/mol. The fraction of sp³-hybridized carbons (Fsp3) is 0.409. The lowest BCUT2D eigenvalue weighted by Gasteiger charge is -2.30. The highest BCUT2D eigenvalue weighted by Crippen LogP contribution is 2.27. The molecule has 11 heteroatoms. The fourth-order valence-electron chi connectivity index (χ4n) is 3.53. The summed E-state index contributed by atoms with van der Waals surface area (Å²) in [6.07, 6.45) is 0.986. The maximum atomic E-state index is 12.8. The lowest BCUT2D eigenvalue weighted by atomic mass is 9.97. The summed E-state index contributed by atoms with van der Waals surface area (Å²) in [5, 5.41) is 4.99. The smallest absolute Gasteiger partial charge is 0.223 e. The molecule has 0 aromatic heterocycles. The van der Waals surface area contributed by atoms with E-state index in [0.717, 1.165) is 17.1 Å². The molecule has 0 unspecified atom stereocenters. The predicted octanol–water partition coefficient (Wildman–Crippen LogP) is 5.89. The van der Waals surface area contributed by atoms with Crippen LogP contribution in [0.3, 0.4) is 0 Å². The van der Waals surface area contributed by atoms with Crippen LogP contribution in [-0.4, -0.2) is 44.0 Å². The second kappa shape index (κ2) is 12.3. The van der Waals surface area contributed by atoms with E-state index in [1.54, 1.807) is 30.0 Å². The number of thioether (sulfide) groups is 1. The van der Waals surface area contributed by atoms with Crippen molar-refractivity contribution in [1.82, 2.24) is 9.62 Å². The highest BCUT2D eigenvalue weighted by Gasteiger charge is 2.31. The Balaban J connectivity index is 1.39. The summed E-state index contributed by atoms with van der Waals surface area (Å²) in [5.74, 6) is 1.08. The molecule has 0 radical (unpaired) electrons. The number of benzene rings is 2. The van der Waals surface area contributed by atoms with E-state index in [9.17, 15) is 13.2 Å². The SMILES string of the molecule is O=C(NCCSCc1ccc(Cl)cc1Cl)C1CCN(S(=O)(=O)Cc2ccc(Cl)cc2Cl)CC1. The van der Waals surface area contributed by atoms with Gasteiger partial charge in [0.05, 0.1) is 5.75 Å². The van der Waals surface area contributed by atoms with Gasteiger partial charge < -0.3 is 5.32 Å². The third-order valence-electron chi connectivity index (χ3n) is 5.39. The number of nitrogens with zero attached hydrogens (tertiary/aromatic N) is 1. The third kappa shape index (κ3) is 7.92. The van der Waals surface area contributed by atoms with Crippen molar-refractivity contribution in [2.24, 2.45) is 5.92 Å². The standard InChI is InChI=1S/C22H24Cl4N2O3S2/c23-18-3-1-16(20(25)11-18)13-32-10-7-27-22(29)15-5-8-28(9-6-15)33(30,31)14-17-2-4-19(24)12-21(17)26/h1-4,11-12,15H,5-10,13-14H2,(H,27,29). The largest absolute Gasteiger partial charge is 0.355 e. The van der Waals surface area contributed by atoms with Gasteiger partial charge in [-0.3, -0.25) is 4.79 Å². The molecule has 0 saturated carbocycles. The molecule has 180 valence electrons. The molecule has 0 aliphatic carbocycles.